The Kier molecular flexibility index (Phi) is 1.97. The molecule has 1 aliphatic heterocycles. The van der Waals surface area contributed by atoms with E-state index in [1.165, 1.54) is 25.7 Å². The molecule has 0 spiro atoms. The molecule has 0 aromatic carbocycles. The first-order valence-electron chi connectivity index (χ1n) is 5.39. The normalized spacial score (nSPS) is 44.8. The molecule has 0 N–H and O–H groups in total. The third-order valence-corrected chi connectivity index (χ3v) is 4.35. The molecule has 0 amide bonds. The van der Waals surface area contributed by atoms with Crippen molar-refractivity contribution in [1.82, 2.24) is 5.06 Å². The van der Waals surface area contributed by atoms with E-state index in [1.807, 2.05) is 0 Å². The van der Waals surface area contributed by atoms with Crippen LogP contribution in [0.15, 0.2) is 0 Å². The van der Waals surface area contributed by atoms with Crippen molar-refractivity contribution in [2.75, 3.05) is 7.05 Å². The van der Waals surface area contributed by atoms with Crippen molar-refractivity contribution in [2.24, 2.45) is 5.41 Å². The number of rotatable bonds is 0. The van der Waals surface area contributed by atoms with Crippen LogP contribution in [-0.2, 0) is 4.84 Å². The molecule has 0 bridgehead atoms. The molecule has 1 heterocycles. The highest BCUT2D eigenvalue weighted by Gasteiger charge is 2.56. The van der Waals surface area contributed by atoms with Crippen LogP contribution >= 0.6 is 0 Å². The quantitative estimate of drug-likeness (QED) is 0.572. The smallest absolute Gasteiger partial charge is 0.0912 e. The molecule has 2 nitrogen and oxygen atoms in total. The van der Waals surface area contributed by atoms with Gasteiger partial charge in [0.2, 0.25) is 0 Å². The second-order valence-corrected chi connectivity index (χ2v) is 5.33. The van der Waals surface area contributed by atoms with Crippen molar-refractivity contribution in [3.8, 4) is 0 Å². The molecule has 0 radical (unpaired) electrons. The van der Waals surface area contributed by atoms with E-state index in [-0.39, 0.29) is 5.60 Å². The molecular weight excluding hydrogens is 162 g/mol. The van der Waals surface area contributed by atoms with E-state index in [4.69, 9.17) is 4.84 Å². The summed E-state index contributed by atoms with van der Waals surface area (Å²) in [7, 11) is 2.09. The Morgan fingerprint density at radius 1 is 1.23 bits per heavy atom. The van der Waals surface area contributed by atoms with E-state index < -0.39 is 0 Å². The van der Waals surface area contributed by atoms with Gasteiger partial charge in [-0.2, -0.15) is 5.06 Å². The highest BCUT2D eigenvalue weighted by atomic mass is 16.7. The molecule has 2 fully saturated rings. The monoisotopic (exact) mass is 183 g/mol. The summed E-state index contributed by atoms with van der Waals surface area (Å²) in [6.07, 6.45) is 5.35. The second-order valence-electron chi connectivity index (χ2n) is 5.33. The summed E-state index contributed by atoms with van der Waals surface area (Å²) in [6.45, 7) is 6.85. The highest BCUT2D eigenvalue weighted by Crippen LogP contribution is 2.53. The first-order chi connectivity index (χ1) is 5.97. The summed E-state index contributed by atoms with van der Waals surface area (Å²) in [5.41, 5.74) is 0.382. The molecule has 0 aromatic rings. The first-order valence-corrected chi connectivity index (χ1v) is 5.39. The predicted octanol–water partition coefficient (Wildman–Crippen LogP) is 2.59. The zero-order chi connectivity index (χ0) is 9.69. The standard InChI is InChI=1S/C11H21NO/c1-10(2)11(3)8-6-5-7-9(11)12(4)13-10/h9H,5-8H2,1-4H3. The summed E-state index contributed by atoms with van der Waals surface area (Å²) in [4.78, 5) is 5.93. The van der Waals surface area contributed by atoms with Gasteiger partial charge in [-0.25, -0.2) is 0 Å². The molecule has 1 saturated carbocycles. The van der Waals surface area contributed by atoms with Crippen LogP contribution in [0.4, 0.5) is 0 Å². The van der Waals surface area contributed by atoms with Crippen molar-refractivity contribution < 1.29 is 4.84 Å². The van der Waals surface area contributed by atoms with E-state index in [9.17, 15) is 0 Å². The minimum absolute atomic E-state index is 0.0207. The lowest BCUT2D eigenvalue weighted by molar-refractivity contribution is -0.182. The van der Waals surface area contributed by atoms with Gasteiger partial charge < -0.3 is 0 Å². The third kappa shape index (κ3) is 1.15. The van der Waals surface area contributed by atoms with Crippen molar-refractivity contribution in [3.63, 3.8) is 0 Å². The molecule has 2 atom stereocenters. The molecule has 2 aliphatic rings. The zero-order valence-corrected chi connectivity index (χ0v) is 9.26. The van der Waals surface area contributed by atoms with Gasteiger partial charge in [0, 0.05) is 18.5 Å². The van der Waals surface area contributed by atoms with E-state index in [0.29, 0.717) is 11.5 Å². The van der Waals surface area contributed by atoms with Crippen LogP contribution in [-0.4, -0.2) is 23.8 Å². The molecule has 1 saturated heterocycles. The fourth-order valence-corrected chi connectivity index (χ4v) is 3.13. The number of fused-ring (bicyclic) bond motifs is 1. The summed E-state index contributed by atoms with van der Waals surface area (Å²) in [5.74, 6) is 0. The van der Waals surface area contributed by atoms with Crippen LogP contribution in [0, 0.1) is 5.41 Å². The van der Waals surface area contributed by atoms with E-state index in [0.717, 1.165) is 0 Å². The largest absolute Gasteiger partial charge is 0.292 e. The predicted molar refractivity (Wildman–Crippen MR) is 53.3 cm³/mol. The van der Waals surface area contributed by atoms with Gasteiger partial charge in [-0.1, -0.05) is 19.8 Å². The Hall–Kier alpha value is -0.0800. The third-order valence-electron chi connectivity index (χ3n) is 4.35. The number of hydrogen-bond donors (Lipinski definition) is 0. The Bertz CT molecular complexity index is 214. The lowest BCUT2D eigenvalue weighted by Crippen LogP contribution is -2.46. The Labute approximate surface area is 81.2 Å². The summed E-state index contributed by atoms with van der Waals surface area (Å²) in [6, 6.07) is 0.635. The van der Waals surface area contributed by atoms with Gasteiger partial charge in [-0.05, 0) is 26.7 Å². The maximum atomic E-state index is 5.93. The minimum Gasteiger partial charge on any atom is -0.292 e. The van der Waals surface area contributed by atoms with Crippen LogP contribution in [0.1, 0.15) is 46.5 Å². The van der Waals surface area contributed by atoms with Gasteiger partial charge in [0.25, 0.3) is 0 Å². The Morgan fingerprint density at radius 2 is 1.92 bits per heavy atom. The van der Waals surface area contributed by atoms with Crippen molar-refractivity contribution in [1.29, 1.82) is 0 Å². The second kappa shape index (κ2) is 2.71. The average Bonchev–Trinajstić information content (AvgIpc) is 2.20. The first kappa shape index (κ1) is 9.47. The van der Waals surface area contributed by atoms with Crippen molar-refractivity contribution >= 4 is 0 Å². The molecule has 1 aliphatic carbocycles. The molecule has 13 heavy (non-hydrogen) atoms. The average molecular weight is 183 g/mol. The van der Waals surface area contributed by atoms with E-state index in [1.54, 1.807) is 0 Å². The molecule has 0 aromatic heterocycles. The van der Waals surface area contributed by atoms with E-state index >= 15 is 0 Å². The minimum atomic E-state index is 0.0207. The summed E-state index contributed by atoms with van der Waals surface area (Å²) in [5, 5.41) is 2.10. The van der Waals surface area contributed by atoms with Gasteiger partial charge in [-0.3, -0.25) is 4.84 Å². The topological polar surface area (TPSA) is 12.5 Å². The lowest BCUT2D eigenvalue weighted by atomic mass is 9.64. The Morgan fingerprint density at radius 3 is 2.54 bits per heavy atom. The van der Waals surface area contributed by atoms with Gasteiger partial charge >= 0.3 is 0 Å². The summed E-state index contributed by atoms with van der Waals surface area (Å²) >= 11 is 0. The number of hydroxylamine groups is 2. The molecule has 2 heteroatoms. The fourth-order valence-electron chi connectivity index (χ4n) is 3.13. The zero-order valence-electron chi connectivity index (χ0n) is 9.26. The molecule has 2 unspecified atom stereocenters. The maximum absolute atomic E-state index is 5.93. The maximum Gasteiger partial charge on any atom is 0.0912 e. The lowest BCUT2D eigenvalue weighted by Gasteiger charge is -2.42. The van der Waals surface area contributed by atoms with Gasteiger partial charge in [0.05, 0.1) is 5.60 Å². The van der Waals surface area contributed by atoms with Crippen LogP contribution in [0.5, 0.6) is 0 Å². The van der Waals surface area contributed by atoms with Gasteiger partial charge in [-0.15, -0.1) is 0 Å². The molecular formula is C11H21NO. The van der Waals surface area contributed by atoms with Crippen LogP contribution in [0.2, 0.25) is 0 Å². The summed E-state index contributed by atoms with van der Waals surface area (Å²) < 4.78 is 0. The van der Waals surface area contributed by atoms with Crippen LogP contribution in [0.25, 0.3) is 0 Å². The van der Waals surface area contributed by atoms with Crippen LogP contribution in [0.3, 0.4) is 0 Å². The van der Waals surface area contributed by atoms with Gasteiger partial charge in [0.15, 0.2) is 0 Å². The SMILES string of the molecule is CN1OC(C)(C)C2(C)CCCCC12. The van der Waals surface area contributed by atoms with Crippen molar-refractivity contribution in [3.05, 3.63) is 0 Å². The van der Waals surface area contributed by atoms with E-state index in [2.05, 4.69) is 32.9 Å². The fraction of sp³-hybridized carbons (Fsp3) is 1.00. The number of hydrogen-bond acceptors (Lipinski definition) is 2. The molecule has 76 valence electrons. The van der Waals surface area contributed by atoms with Gasteiger partial charge in [0.1, 0.15) is 0 Å². The Balaban J connectivity index is 2.31. The van der Waals surface area contributed by atoms with Crippen LogP contribution < -0.4 is 0 Å². The number of nitrogens with zero attached hydrogens (tertiary/aromatic N) is 1. The van der Waals surface area contributed by atoms with Crippen molar-refractivity contribution in [2.45, 2.75) is 58.1 Å². The highest BCUT2D eigenvalue weighted by molar-refractivity contribution is 5.04. The molecule has 2 rings (SSSR count).